The molecule has 1 atom stereocenters. The van der Waals surface area contributed by atoms with Crippen molar-refractivity contribution in [1.29, 1.82) is 0 Å². The van der Waals surface area contributed by atoms with Crippen LogP contribution < -0.4 is 9.64 Å². The number of fused-ring (bicyclic) bond motifs is 1. The number of hydrogen-bond donors (Lipinski definition) is 0. The van der Waals surface area contributed by atoms with Crippen molar-refractivity contribution in [3.05, 3.63) is 71.5 Å². The molecule has 0 bridgehead atoms. The maximum absolute atomic E-state index is 13.1. The second kappa shape index (κ2) is 8.67. The first kappa shape index (κ1) is 20.6. The van der Waals surface area contributed by atoms with E-state index < -0.39 is 6.10 Å². The predicted octanol–water partition coefficient (Wildman–Crippen LogP) is 3.12. The summed E-state index contributed by atoms with van der Waals surface area (Å²) in [6.45, 7) is 7.69. The molecule has 0 aliphatic carbocycles. The molecule has 7 heteroatoms. The van der Waals surface area contributed by atoms with Gasteiger partial charge in [-0.25, -0.2) is 4.68 Å². The van der Waals surface area contributed by atoms with Crippen LogP contribution in [0.4, 0.5) is 5.69 Å². The molecule has 1 fully saturated rings. The van der Waals surface area contributed by atoms with Crippen LogP contribution in [0.15, 0.2) is 54.6 Å². The Bertz CT molecular complexity index is 1100. The summed E-state index contributed by atoms with van der Waals surface area (Å²) in [5.41, 5.74) is 5.35. The summed E-state index contributed by atoms with van der Waals surface area (Å²) >= 11 is 0. The fourth-order valence-electron chi connectivity index (χ4n) is 4.43. The van der Waals surface area contributed by atoms with Crippen molar-refractivity contribution in [3.8, 4) is 11.4 Å². The Morgan fingerprint density at radius 1 is 1.06 bits per heavy atom. The fourth-order valence-corrected chi connectivity index (χ4v) is 4.43. The zero-order valence-electron chi connectivity index (χ0n) is 18.5. The van der Waals surface area contributed by atoms with Crippen LogP contribution in [-0.2, 0) is 16.1 Å². The van der Waals surface area contributed by atoms with Crippen LogP contribution in [0.3, 0.4) is 0 Å². The van der Waals surface area contributed by atoms with E-state index in [0.29, 0.717) is 39.4 Å². The molecule has 1 saturated heterocycles. The lowest BCUT2D eigenvalue weighted by atomic mass is 10.1. The number of amides is 1. The second-order valence-electron chi connectivity index (χ2n) is 8.40. The van der Waals surface area contributed by atoms with Gasteiger partial charge in [0.2, 0.25) is 0 Å². The van der Waals surface area contributed by atoms with Crippen LogP contribution in [0.25, 0.3) is 5.69 Å². The lowest BCUT2D eigenvalue weighted by Crippen LogP contribution is -2.52. The maximum atomic E-state index is 13.1. The van der Waals surface area contributed by atoms with Crippen LogP contribution in [0.5, 0.6) is 5.75 Å². The number of aryl methyl sites for hydroxylation is 2. The van der Waals surface area contributed by atoms with Gasteiger partial charge in [0, 0.05) is 25.3 Å². The van der Waals surface area contributed by atoms with Gasteiger partial charge in [-0.1, -0.05) is 24.3 Å². The molecule has 0 radical (unpaired) electrons. The van der Waals surface area contributed by atoms with Crippen LogP contribution >= 0.6 is 0 Å². The van der Waals surface area contributed by atoms with Crippen LogP contribution in [0.1, 0.15) is 17.0 Å². The highest BCUT2D eigenvalue weighted by Crippen LogP contribution is 2.34. The van der Waals surface area contributed by atoms with Gasteiger partial charge in [-0.05, 0) is 49.7 Å². The Morgan fingerprint density at radius 2 is 1.81 bits per heavy atom. The van der Waals surface area contributed by atoms with Crippen molar-refractivity contribution in [2.24, 2.45) is 0 Å². The standard InChI is InChI=1S/C25H28N4O3/c1-18-15-19(2)29(26-18)21-9-7-20(8-10-21)16-28-17-24(25(30)27-11-13-31-14-12-27)32-23-6-4-3-5-22(23)28/h3-10,15,24H,11-14,16-17H2,1-2H3. The molecule has 166 valence electrons. The van der Waals surface area contributed by atoms with Gasteiger partial charge in [0.15, 0.2) is 6.10 Å². The zero-order chi connectivity index (χ0) is 22.1. The molecule has 0 spiro atoms. The number of aromatic nitrogens is 2. The highest BCUT2D eigenvalue weighted by Gasteiger charge is 2.34. The van der Waals surface area contributed by atoms with Gasteiger partial charge in [0.05, 0.1) is 36.8 Å². The van der Waals surface area contributed by atoms with Crippen LogP contribution in [-0.4, -0.2) is 59.5 Å². The predicted molar refractivity (Wildman–Crippen MR) is 122 cm³/mol. The SMILES string of the molecule is Cc1cc(C)n(-c2ccc(CN3CC(C(=O)N4CCOCC4)Oc4ccccc43)cc2)n1. The monoisotopic (exact) mass is 432 g/mol. The van der Waals surface area contributed by atoms with Crippen molar-refractivity contribution in [3.63, 3.8) is 0 Å². The van der Waals surface area contributed by atoms with Gasteiger partial charge in [-0.2, -0.15) is 5.10 Å². The van der Waals surface area contributed by atoms with Gasteiger partial charge in [-0.3, -0.25) is 4.79 Å². The first-order valence-electron chi connectivity index (χ1n) is 11.1. The van der Waals surface area contributed by atoms with E-state index >= 15 is 0 Å². The molecule has 2 aromatic carbocycles. The van der Waals surface area contributed by atoms with E-state index in [1.165, 1.54) is 5.56 Å². The molecule has 3 heterocycles. The summed E-state index contributed by atoms with van der Waals surface area (Å²) in [7, 11) is 0. The van der Waals surface area contributed by atoms with E-state index in [9.17, 15) is 4.79 Å². The number of carbonyl (C=O) groups excluding carboxylic acids is 1. The number of rotatable bonds is 4. The maximum Gasteiger partial charge on any atom is 0.265 e. The minimum atomic E-state index is -0.517. The normalized spacial score (nSPS) is 18.2. The average Bonchev–Trinajstić information content (AvgIpc) is 3.17. The number of morpholine rings is 1. The number of ether oxygens (including phenoxy) is 2. The first-order valence-corrected chi connectivity index (χ1v) is 11.1. The molecular weight excluding hydrogens is 404 g/mol. The Labute approximate surface area is 188 Å². The minimum absolute atomic E-state index is 0.0349. The van der Waals surface area contributed by atoms with Gasteiger partial charge >= 0.3 is 0 Å². The molecule has 32 heavy (non-hydrogen) atoms. The molecule has 0 N–H and O–H groups in total. The fraction of sp³-hybridized carbons (Fsp3) is 0.360. The third kappa shape index (κ3) is 4.08. The summed E-state index contributed by atoms with van der Waals surface area (Å²) in [6.07, 6.45) is -0.517. The number of benzene rings is 2. The largest absolute Gasteiger partial charge is 0.477 e. The molecule has 1 unspecified atom stereocenters. The molecule has 1 aromatic heterocycles. The highest BCUT2D eigenvalue weighted by molar-refractivity contribution is 5.83. The Kier molecular flexibility index (Phi) is 5.57. The van der Waals surface area contributed by atoms with Crippen molar-refractivity contribution in [2.45, 2.75) is 26.5 Å². The molecule has 3 aromatic rings. The molecule has 1 amide bonds. The first-order chi connectivity index (χ1) is 15.6. The second-order valence-corrected chi connectivity index (χ2v) is 8.40. The Balaban J connectivity index is 1.36. The van der Waals surface area contributed by atoms with E-state index in [-0.39, 0.29) is 5.91 Å². The van der Waals surface area contributed by atoms with Gasteiger partial charge in [-0.15, -0.1) is 0 Å². The number of nitrogens with zero attached hydrogens (tertiary/aromatic N) is 4. The smallest absolute Gasteiger partial charge is 0.265 e. The van der Waals surface area contributed by atoms with Crippen LogP contribution in [0.2, 0.25) is 0 Å². The van der Waals surface area contributed by atoms with E-state index in [0.717, 1.165) is 28.5 Å². The average molecular weight is 433 g/mol. The summed E-state index contributed by atoms with van der Waals surface area (Å²) in [5.74, 6) is 0.789. The lowest BCUT2D eigenvalue weighted by Gasteiger charge is -2.38. The molecule has 7 nitrogen and oxygen atoms in total. The Morgan fingerprint density at radius 3 is 2.53 bits per heavy atom. The van der Waals surface area contributed by atoms with Crippen LogP contribution in [0, 0.1) is 13.8 Å². The van der Waals surface area contributed by atoms with E-state index in [1.807, 2.05) is 34.7 Å². The summed E-state index contributed by atoms with van der Waals surface area (Å²) < 4.78 is 13.5. The minimum Gasteiger partial charge on any atom is -0.477 e. The third-order valence-electron chi connectivity index (χ3n) is 6.02. The quantitative estimate of drug-likeness (QED) is 0.634. The molecule has 5 rings (SSSR count). The van der Waals surface area contributed by atoms with E-state index in [4.69, 9.17) is 9.47 Å². The molecular formula is C25H28N4O3. The third-order valence-corrected chi connectivity index (χ3v) is 6.02. The van der Waals surface area contributed by atoms with E-state index in [1.54, 1.807) is 0 Å². The number of anilines is 1. The number of carbonyl (C=O) groups is 1. The lowest BCUT2D eigenvalue weighted by molar-refractivity contribution is -0.142. The molecule has 2 aliphatic rings. The number of hydrogen-bond acceptors (Lipinski definition) is 5. The van der Waals surface area contributed by atoms with Crippen molar-refractivity contribution in [2.75, 3.05) is 37.7 Å². The summed E-state index contributed by atoms with van der Waals surface area (Å²) in [6, 6.07) is 18.5. The van der Waals surface area contributed by atoms with Crippen molar-refractivity contribution < 1.29 is 14.3 Å². The highest BCUT2D eigenvalue weighted by atomic mass is 16.5. The van der Waals surface area contributed by atoms with Gasteiger partial charge < -0.3 is 19.3 Å². The topological polar surface area (TPSA) is 59.8 Å². The zero-order valence-corrected chi connectivity index (χ0v) is 18.5. The molecule has 2 aliphatic heterocycles. The number of para-hydroxylation sites is 2. The summed E-state index contributed by atoms with van der Waals surface area (Å²) in [5, 5.41) is 4.57. The molecule has 0 saturated carbocycles. The van der Waals surface area contributed by atoms with Gasteiger partial charge in [0.25, 0.3) is 5.91 Å². The van der Waals surface area contributed by atoms with Crippen molar-refractivity contribution >= 4 is 11.6 Å². The van der Waals surface area contributed by atoms with Crippen molar-refractivity contribution in [1.82, 2.24) is 14.7 Å². The van der Waals surface area contributed by atoms with Gasteiger partial charge in [0.1, 0.15) is 5.75 Å². The Hall–Kier alpha value is -3.32. The van der Waals surface area contributed by atoms with E-state index in [2.05, 4.69) is 53.3 Å². The summed E-state index contributed by atoms with van der Waals surface area (Å²) in [4.78, 5) is 17.2.